The zero-order valence-corrected chi connectivity index (χ0v) is 10.4. The summed E-state index contributed by atoms with van der Waals surface area (Å²) in [5.41, 5.74) is 1.44. The van der Waals surface area contributed by atoms with E-state index in [1.165, 1.54) is 0 Å². The van der Waals surface area contributed by atoms with Gasteiger partial charge in [-0.2, -0.15) is 0 Å². The summed E-state index contributed by atoms with van der Waals surface area (Å²) in [5.74, 6) is 0. The topological polar surface area (TPSA) is 12.0 Å². The fourth-order valence-corrected chi connectivity index (χ4v) is 1.99. The molecular weight excluding hydrogens is 264 g/mol. The highest BCUT2D eigenvalue weighted by molar-refractivity contribution is 6.39. The van der Waals surface area contributed by atoms with Crippen molar-refractivity contribution in [1.29, 1.82) is 0 Å². The van der Waals surface area contributed by atoms with E-state index in [0.717, 1.165) is 5.69 Å². The van der Waals surface area contributed by atoms with Crippen LogP contribution in [-0.4, -0.2) is 0 Å². The first-order valence-corrected chi connectivity index (χ1v) is 5.77. The van der Waals surface area contributed by atoms with Crippen LogP contribution >= 0.6 is 34.8 Å². The molecule has 1 nitrogen and oxygen atoms in total. The maximum absolute atomic E-state index is 6.04. The molecule has 2 aromatic rings. The van der Waals surface area contributed by atoms with E-state index in [0.29, 0.717) is 20.8 Å². The number of anilines is 2. The summed E-state index contributed by atoms with van der Waals surface area (Å²) in [7, 11) is 0. The average Bonchev–Trinajstić information content (AvgIpc) is 2.26. The van der Waals surface area contributed by atoms with Gasteiger partial charge in [0.2, 0.25) is 0 Å². The molecule has 0 radical (unpaired) electrons. The number of nitrogens with one attached hydrogen (secondary N) is 1. The van der Waals surface area contributed by atoms with Crippen LogP contribution in [-0.2, 0) is 0 Å². The molecule has 0 unspecified atom stereocenters. The van der Waals surface area contributed by atoms with Crippen LogP contribution in [0.25, 0.3) is 0 Å². The number of hydrogen-bond donors (Lipinski definition) is 1. The van der Waals surface area contributed by atoms with Crippen molar-refractivity contribution in [3.8, 4) is 0 Å². The van der Waals surface area contributed by atoms with Crippen LogP contribution in [0.3, 0.4) is 0 Å². The molecule has 0 spiro atoms. The zero-order chi connectivity index (χ0) is 11.5. The molecule has 2 rings (SSSR count). The lowest BCUT2D eigenvalue weighted by atomic mass is 10.2. The standard InChI is InChI=1S/C12H8Cl3N/c13-8-4-1-2-7-11(8)16-12-9(14)5-3-6-10(12)15/h1-7,16H. The summed E-state index contributed by atoms with van der Waals surface area (Å²) in [6, 6.07) is 12.7. The van der Waals surface area contributed by atoms with Crippen LogP contribution < -0.4 is 5.32 Å². The van der Waals surface area contributed by atoms with Gasteiger partial charge in [0.15, 0.2) is 0 Å². The Balaban J connectivity index is 2.38. The highest BCUT2D eigenvalue weighted by Gasteiger charge is 2.06. The minimum absolute atomic E-state index is 0.562. The Morgan fingerprint density at radius 2 is 1.25 bits per heavy atom. The summed E-state index contributed by atoms with van der Waals surface area (Å²) in [6.07, 6.45) is 0. The van der Waals surface area contributed by atoms with Crippen LogP contribution in [0.4, 0.5) is 11.4 Å². The fourth-order valence-electron chi connectivity index (χ4n) is 1.31. The molecule has 82 valence electrons. The van der Waals surface area contributed by atoms with Gasteiger partial charge in [-0.3, -0.25) is 0 Å². The predicted molar refractivity (Wildman–Crippen MR) is 71.2 cm³/mol. The maximum Gasteiger partial charge on any atom is 0.0763 e. The Bertz CT molecular complexity index is 491. The molecule has 0 fully saturated rings. The molecule has 0 aliphatic carbocycles. The second-order valence-corrected chi connectivity index (χ2v) is 4.42. The van der Waals surface area contributed by atoms with Crippen LogP contribution in [0.1, 0.15) is 0 Å². The number of halogens is 3. The van der Waals surface area contributed by atoms with Crippen LogP contribution in [0, 0.1) is 0 Å². The lowest BCUT2D eigenvalue weighted by molar-refractivity contribution is 1.55. The van der Waals surface area contributed by atoms with Crippen molar-refractivity contribution in [2.45, 2.75) is 0 Å². The Hall–Kier alpha value is -0.890. The molecular formula is C12H8Cl3N. The van der Waals surface area contributed by atoms with E-state index in [9.17, 15) is 0 Å². The molecule has 0 saturated heterocycles. The Kier molecular flexibility index (Phi) is 3.59. The molecule has 1 N–H and O–H groups in total. The van der Waals surface area contributed by atoms with Crippen molar-refractivity contribution in [3.63, 3.8) is 0 Å². The quantitative estimate of drug-likeness (QED) is 0.773. The van der Waals surface area contributed by atoms with E-state index in [4.69, 9.17) is 34.8 Å². The first-order chi connectivity index (χ1) is 7.68. The van der Waals surface area contributed by atoms with E-state index >= 15 is 0 Å². The third-order valence-corrected chi connectivity index (χ3v) is 3.06. The first-order valence-electron chi connectivity index (χ1n) is 4.64. The molecule has 0 atom stereocenters. The van der Waals surface area contributed by atoms with Crippen molar-refractivity contribution < 1.29 is 0 Å². The second-order valence-electron chi connectivity index (χ2n) is 3.20. The van der Waals surface area contributed by atoms with Crippen molar-refractivity contribution in [2.75, 3.05) is 5.32 Å². The highest BCUT2D eigenvalue weighted by Crippen LogP contribution is 2.34. The molecule has 0 saturated carbocycles. The number of para-hydroxylation sites is 2. The van der Waals surface area contributed by atoms with Crippen LogP contribution in [0.2, 0.25) is 15.1 Å². The largest absolute Gasteiger partial charge is 0.352 e. The summed E-state index contributed by atoms with van der Waals surface area (Å²) >= 11 is 18.1. The third-order valence-electron chi connectivity index (χ3n) is 2.10. The number of hydrogen-bond acceptors (Lipinski definition) is 1. The minimum Gasteiger partial charge on any atom is -0.352 e. The summed E-state index contributed by atoms with van der Waals surface area (Å²) in [6.45, 7) is 0. The molecule has 0 bridgehead atoms. The number of benzene rings is 2. The van der Waals surface area contributed by atoms with Crippen molar-refractivity contribution in [2.24, 2.45) is 0 Å². The Morgan fingerprint density at radius 3 is 1.88 bits per heavy atom. The highest BCUT2D eigenvalue weighted by atomic mass is 35.5. The molecule has 4 heteroatoms. The van der Waals surface area contributed by atoms with E-state index < -0.39 is 0 Å². The molecule has 0 aromatic heterocycles. The average molecular weight is 273 g/mol. The lowest BCUT2D eigenvalue weighted by Crippen LogP contribution is -1.92. The smallest absolute Gasteiger partial charge is 0.0763 e. The van der Waals surface area contributed by atoms with Gasteiger partial charge >= 0.3 is 0 Å². The molecule has 0 aliphatic rings. The summed E-state index contributed by atoms with van der Waals surface area (Å²) < 4.78 is 0. The molecule has 0 aliphatic heterocycles. The van der Waals surface area contributed by atoms with Gasteiger partial charge in [0, 0.05) is 0 Å². The predicted octanol–water partition coefficient (Wildman–Crippen LogP) is 5.39. The van der Waals surface area contributed by atoms with E-state index in [-0.39, 0.29) is 0 Å². The molecule has 0 amide bonds. The van der Waals surface area contributed by atoms with E-state index in [2.05, 4.69) is 5.32 Å². The third kappa shape index (κ3) is 2.43. The summed E-state index contributed by atoms with van der Waals surface area (Å²) in [5, 5.41) is 4.86. The Labute approximate surface area is 109 Å². The molecule has 0 heterocycles. The van der Waals surface area contributed by atoms with E-state index in [1.807, 2.05) is 18.2 Å². The van der Waals surface area contributed by atoms with Crippen molar-refractivity contribution >= 4 is 46.2 Å². The minimum atomic E-state index is 0.562. The molecule has 16 heavy (non-hydrogen) atoms. The van der Waals surface area contributed by atoms with E-state index in [1.54, 1.807) is 24.3 Å². The van der Waals surface area contributed by atoms with Gasteiger partial charge in [0.05, 0.1) is 26.4 Å². The zero-order valence-electron chi connectivity index (χ0n) is 8.18. The summed E-state index contributed by atoms with van der Waals surface area (Å²) in [4.78, 5) is 0. The van der Waals surface area contributed by atoms with Gasteiger partial charge in [0.1, 0.15) is 0 Å². The van der Waals surface area contributed by atoms with Crippen molar-refractivity contribution in [1.82, 2.24) is 0 Å². The van der Waals surface area contributed by atoms with Gasteiger partial charge in [-0.05, 0) is 24.3 Å². The first kappa shape index (κ1) is 11.6. The molecule has 2 aromatic carbocycles. The van der Waals surface area contributed by atoms with Crippen LogP contribution in [0.15, 0.2) is 42.5 Å². The van der Waals surface area contributed by atoms with Gasteiger partial charge in [-0.15, -0.1) is 0 Å². The van der Waals surface area contributed by atoms with Gasteiger partial charge in [0.25, 0.3) is 0 Å². The number of rotatable bonds is 2. The normalized spacial score (nSPS) is 10.2. The monoisotopic (exact) mass is 271 g/mol. The van der Waals surface area contributed by atoms with Gasteiger partial charge in [-0.25, -0.2) is 0 Å². The Morgan fingerprint density at radius 1 is 0.688 bits per heavy atom. The van der Waals surface area contributed by atoms with Crippen molar-refractivity contribution in [3.05, 3.63) is 57.5 Å². The SMILES string of the molecule is Clc1ccccc1Nc1c(Cl)cccc1Cl. The lowest BCUT2D eigenvalue weighted by Gasteiger charge is -2.11. The maximum atomic E-state index is 6.04. The fraction of sp³-hybridized carbons (Fsp3) is 0. The van der Waals surface area contributed by atoms with Crippen LogP contribution in [0.5, 0.6) is 0 Å². The van der Waals surface area contributed by atoms with Gasteiger partial charge in [-0.1, -0.05) is 53.0 Å². The van der Waals surface area contributed by atoms with Gasteiger partial charge < -0.3 is 5.32 Å². The second kappa shape index (κ2) is 4.96.